The summed E-state index contributed by atoms with van der Waals surface area (Å²) in [6, 6.07) is 0. The Morgan fingerprint density at radius 2 is 1.93 bits per heavy atom. The van der Waals surface area contributed by atoms with Gasteiger partial charge in [-0.05, 0) is 5.92 Å². The predicted molar refractivity (Wildman–Crippen MR) is 59.0 cm³/mol. The van der Waals surface area contributed by atoms with E-state index in [1.165, 1.54) is 12.4 Å². The van der Waals surface area contributed by atoms with Crippen molar-refractivity contribution in [3.8, 4) is 0 Å². The molecule has 0 spiro atoms. The molecule has 1 aromatic heterocycles. The molecule has 1 unspecified atom stereocenters. The van der Waals surface area contributed by atoms with Gasteiger partial charge in [0.25, 0.3) is 0 Å². The molecule has 0 saturated carbocycles. The van der Waals surface area contributed by atoms with Gasteiger partial charge in [-0.3, -0.25) is 0 Å². The van der Waals surface area contributed by atoms with Crippen LogP contribution in [0, 0.1) is 5.92 Å². The molecule has 1 heterocycles. The van der Waals surface area contributed by atoms with Gasteiger partial charge in [-0.25, -0.2) is 18.4 Å². The zero-order valence-electron chi connectivity index (χ0n) is 8.02. The van der Waals surface area contributed by atoms with Gasteiger partial charge in [0.1, 0.15) is 0 Å². The standard InChI is InChI=1S/C8H10Cl2N2O2S/c1-6(2-9)5-15(13,14)8-11-3-7(10)4-12-8/h3-4,6H,2,5H2,1H3. The molecule has 0 N–H and O–H groups in total. The Bertz CT molecular complexity index is 419. The van der Waals surface area contributed by atoms with E-state index in [1.807, 2.05) is 0 Å². The minimum absolute atomic E-state index is 0.0574. The first-order valence-corrected chi connectivity index (χ1v) is 6.78. The van der Waals surface area contributed by atoms with E-state index in [0.717, 1.165) is 0 Å². The van der Waals surface area contributed by atoms with Crippen molar-refractivity contribution in [1.82, 2.24) is 9.97 Å². The molecule has 0 radical (unpaired) electrons. The zero-order chi connectivity index (χ0) is 11.5. The average molecular weight is 269 g/mol. The first kappa shape index (κ1) is 12.7. The summed E-state index contributed by atoms with van der Waals surface area (Å²) < 4.78 is 23.4. The Balaban J connectivity index is 2.91. The Kier molecular flexibility index (Phi) is 4.31. The Labute approximate surface area is 98.6 Å². The Morgan fingerprint density at radius 3 is 2.40 bits per heavy atom. The minimum atomic E-state index is -3.45. The SMILES string of the molecule is CC(CCl)CS(=O)(=O)c1ncc(Cl)cn1. The summed E-state index contributed by atoms with van der Waals surface area (Å²) in [5.74, 6) is 0.0984. The zero-order valence-corrected chi connectivity index (χ0v) is 10.3. The van der Waals surface area contributed by atoms with Gasteiger partial charge in [0.05, 0.1) is 23.2 Å². The van der Waals surface area contributed by atoms with Crippen LogP contribution in [0.4, 0.5) is 0 Å². The van der Waals surface area contributed by atoms with Crippen LogP contribution in [0.5, 0.6) is 0 Å². The lowest BCUT2D eigenvalue weighted by molar-refractivity contribution is 0.574. The lowest BCUT2D eigenvalue weighted by Crippen LogP contribution is -2.17. The molecule has 4 nitrogen and oxygen atoms in total. The van der Waals surface area contributed by atoms with Crippen molar-refractivity contribution < 1.29 is 8.42 Å². The van der Waals surface area contributed by atoms with Gasteiger partial charge in [-0.2, -0.15) is 0 Å². The van der Waals surface area contributed by atoms with Crippen LogP contribution in [0.2, 0.25) is 5.02 Å². The van der Waals surface area contributed by atoms with Crippen molar-refractivity contribution in [2.75, 3.05) is 11.6 Å². The fourth-order valence-electron chi connectivity index (χ4n) is 0.955. The molecule has 1 atom stereocenters. The van der Waals surface area contributed by atoms with Crippen molar-refractivity contribution >= 4 is 33.0 Å². The maximum absolute atomic E-state index is 11.7. The van der Waals surface area contributed by atoms with Gasteiger partial charge >= 0.3 is 0 Å². The van der Waals surface area contributed by atoms with Crippen molar-refractivity contribution in [3.63, 3.8) is 0 Å². The highest BCUT2D eigenvalue weighted by atomic mass is 35.5. The highest BCUT2D eigenvalue weighted by Gasteiger charge is 2.20. The number of sulfone groups is 1. The van der Waals surface area contributed by atoms with Crippen LogP contribution in [-0.2, 0) is 9.84 Å². The quantitative estimate of drug-likeness (QED) is 0.617. The molecule has 0 saturated heterocycles. The van der Waals surface area contributed by atoms with E-state index >= 15 is 0 Å². The van der Waals surface area contributed by atoms with Crippen molar-refractivity contribution in [3.05, 3.63) is 17.4 Å². The summed E-state index contributed by atoms with van der Waals surface area (Å²) in [5, 5.41) is 0.100. The van der Waals surface area contributed by atoms with E-state index in [0.29, 0.717) is 5.02 Å². The fourth-order valence-corrected chi connectivity index (χ4v) is 2.73. The number of halogens is 2. The molecule has 0 fully saturated rings. The molecule has 0 amide bonds. The van der Waals surface area contributed by atoms with Crippen LogP contribution >= 0.6 is 23.2 Å². The molecule has 0 aliphatic rings. The molecule has 84 valence electrons. The monoisotopic (exact) mass is 268 g/mol. The van der Waals surface area contributed by atoms with Gasteiger partial charge < -0.3 is 0 Å². The van der Waals surface area contributed by atoms with E-state index in [-0.39, 0.29) is 22.7 Å². The van der Waals surface area contributed by atoms with Crippen molar-refractivity contribution in [2.24, 2.45) is 5.92 Å². The predicted octanol–water partition coefficient (Wildman–Crippen LogP) is 1.78. The van der Waals surface area contributed by atoms with Gasteiger partial charge in [-0.15, -0.1) is 11.6 Å². The van der Waals surface area contributed by atoms with Gasteiger partial charge in [0, 0.05) is 5.88 Å². The second-order valence-electron chi connectivity index (χ2n) is 3.22. The van der Waals surface area contributed by atoms with Crippen LogP contribution in [0.3, 0.4) is 0 Å². The van der Waals surface area contributed by atoms with E-state index in [2.05, 4.69) is 9.97 Å². The number of hydrogen-bond donors (Lipinski definition) is 0. The summed E-state index contributed by atoms with van der Waals surface area (Å²) in [6.45, 7) is 1.75. The summed E-state index contributed by atoms with van der Waals surface area (Å²) in [5.41, 5.74) is 0. The molecule has 0 aliphatic carbocycles. The third kappa shape index (κ3) is 3.59. The summed E-state index contributed by atoms with van der Waals surface area (Å²) in [4.78, 5) is 7.33. The maximum Gasteiger partial charge on any atom is 0.247 e. The summed E-state index contributed by atoms with van der Waals surface area (Å²) in [7, 11) is -3.45. The maximum atomic E-state index is 11.7. The lowest BCUT2D eigenvalue weighted by Gasteiger charge is -2.06. The normalized spacial score (nSPS) is 13.8. The van der Waals surface area contributed by atoms with Gasteiger partial charge in [-0.1, -0.05) is 18.5 Å². The Hall–Kier alpha value is -0.390. The highest BCUT2D eigenvalue weighted by Crippen LogP contribution is 2.12. The first-order chi connectivity index (χ1) is 6.95. The lowest BCUT2D eigenvalue weighted by atomic mass is 10.3. The fraction of sp³-hybridized carbons (Fsp3) is 0.500. The number of rotatable bonds is 4. The van der Waals surface area contributed by atoms with E-state index in [1.54, 1.807) is 6.92 Å². The van der Waals surface area contributed by atoms with Crippen LogP contribution < -0.4 is 0 Å². The van der Waals surface area contributed by atoms with Crippen molar-refractivity contribution in [2.45, 2.75) is 12.1 Å². The van der Waals surface area contributed by atoms with E-state index in [9.17, 15) is 8.42 Å². The molecule has 15 heavy (non-hydrogen) atoms. The molecule has 0 aromatic carbocycles. The third-order valence-electron chi connectivity index (χ3n) is 1.64. The third-order valence-corrected chi connectivity index (χ3v) is 4.14. The number of nitrogens with zero attached hydrogens (tertiary/aromatic N) is 2. The Morgan fingerprint density at radius 1 is 1.40 bits per heavy atom. The number of alkyl halides is 1. The molecule has 1 aromatic rings. The highest BCUT2D eigenvalue weighted by molar-refractivity contribution is 7.91. The van der Waals surface area contributed by atoms with E-state index in [4.69, 9.17) is 23.2 Å². The van der Waals surface area contributed by atoms with Crippen LogP contribution in [-0.4, -0.2) is 30.0 Å². The average Bonchev–Trinajstić information content (AvgIpc) is 2.17. The van der Waals surface area contributed by atoms with Crippen LogP contribution in [0.1, 0.15) is 6.92 Å². The van der Waals surface area contributed by atoms with E-state index < -0.39 is 9.84 Å². The van der Waals surface area contributed by atoms with Crippen LogP contribution in [0.25, 0.3) is 0 Å². The topological polar surface area (TPSA) is 59.9 Å². The molecule has 1 rings (SSSR count). The molecule has 7 heteroatoms. The second-order valence-corrected chi connectivity index (χ2v) is 5.90. The second kappa shape index (κ2) is 5.09. The smallest absolute Gasteiger partial charge is 0.225 e. The number of hydrogen-bond acceptors (Lipinski definition) is 4. The molecule has 0 bridgehead atoms. The molecular weight excluding hydrogens is 259 g/mol. The largest absolute Gasteiger partial charge is 0.247 e. The van der Waals surface area contributed by atoms with Gasteiger partial charge in [0.15, 0.2) is 0 Å². The minimum Gasteiger partial charge on any atom is -0.225 e. The first-order valence-electron chi connectivity index (χ1n) is 4.22. The van der Waals surface area contributed by atoms with Gasteiger partial charge in [0.2, 0.25) is 15.0 Å². The summed E-state index contributed by atoms with van der Waals surface area (Å²) >= 11 is 11.1. The van der Waals surface area contributed by atoms with Crippen LogP contribution in [0.15, 0.2) is 17.6 Å². The summed E-state index contributed by atoms with van der Waals surface area (Å²) in [6.07, 6.45) is 2.51. The molecule has 0 aliphatic heterocycles. The molecular formula is C8H10Cl2N2O2S. The van der Waals surface area contributed by atoms with Crippen molar-refractivity contribution in [1.29, 1.82) is 0 Å². The number of aromatic nitrogens is 2.